The molecule has 0 aliphatic carbocycles. The van der Waals surface area contributed by atoms with Gasteiger partial charge in [0, 0.05) is 18.8 Å². The first kappa shape index (κ1) is 16.2. The fourth-order valence-corrected chi connectivity index (χ4v) is 1.84. The first-order valence-corrected chi connectivity index (χ1v) is 7.01. The summed E-state index contributed by atoms with van der Waals surface area (Å²) in [5.41, 5.74) is -0.788. The summed E-state index contributed by atoms with van der Waals surface area (Å²) >= 11 is 0. The third-order valence-electron chi connectivity index (χ3n) is 3.48. The van der Waals surface area contributed by atoms with Crippen molar-refractivity contribution in [2.24, 2.45) is 5.41 Å². The lowest BCUT2D eigenvalue weighted by Crippen LogP contribution is -2.37. The van der Waals surface area contributed by atoms with Gasteiger partial charge in [-0.05, 0) is 19.3 Å². The zero-order valence-corrected chi connectivity index (χ0v) is 12.3. The van der Waals surface area contributed by atoms with Gasteiger partial charge < -0.3 is 15.2 Å². The molecule has 6 heteroatoms. The lowest BCUT2D eigenvalue weighted by Gasteiger charge is -2.26. The Kier molecular flexibility index (Phi) is 6.21. The number of hydrogen-bond donors (Lipinski definition) is 2. The van der Waals surface area contributed by atoms with Gasteiger partial charge in [0.15, 0.2) is 0 Å². The van der Waals surface area contributed by atoms with E-state index in [9.17, 15) is 9.90 Å². The quantitative estimate of drug-likeness (QED) is 0.723. The van der Waals surface area contributed by atoms with Crippen molar-refractivity contribution in [3.63, 3.8) is 0 Å². The third kappa shape index (κ3) is 4.08. The van der Waals surface area contributed by atoms with Gasteiger partial charge >= 0.3 is 5.97 Å². The summed E-state index contributed by atoms with van der Waals surface area (Å²) in [7, 11) is 0. The van der Waals surface area contributed by atoms with Gasteiger partial charge in [0.2, 0.25) is 11.8 Å². The predicted molar refractivity (Wildman–Crippen MR) is 77.0 cm³/mol. The summed E-state index contributed by atoms with van der Waals surface area (Å²) in [6.07, 6.45) is 3.61. The Balaban J connectivity index is 2.70. The maximum atomic E-state index is 11.4. The molecule has 2 N–H and O–H groups in total. The lowest BCUT2D eigenvalue weighted by molar-refractivity contribution is -0.148. The van der Waals surface area contributed by atoms with E-state index in [-0.39, 0.29) is 0 Å². The Morgan fingerprint density at radius 1 is 1.40 bits per heavy atom. The van der Waals surface area contributed by atoms with Gasteiger partial charge in [-0.15, -0.1) is 0 Å². The molecule has 0 bridgehead atoms. The molecule has 0 aliphatic heterocycles. The van der Waals surface area contributed by atoms with Crippen LogP contribution in [0.15, 0.2) is 12.3 Å². The van der Waals surface area contributed by atoms with Crippen molar-refractivity contribution in [3.8, 4) is 5.88 Å². The van der Waals surface area contributed by atoms with Crippen molar-refractivity contribution < 1.29 is 14.6 Å². The number of carbonyl (C=O) groups is 1. The maximum absolute atomic E-state index is 11.4. The van der Waals surface area contributed by atoms with Gasteiger partial charge in [0.25, 0.3) is 0 Å². The first-order valence-electron chi connectivity index (χ1n) is 7.01. The van der Waals surface area contributed by atoms with Crippen LogP contribution < -0.4 is 10.1 Å². The molecule has 1 rings (SSSR count). The van der Waals surface area contributed by atoms with Crippen LogP contribution in [0.4, 0.5) is 5.95 Å². The van der Waals surface area contributed by atoms with Crippen LogP contribution in [0.2, 0.25) is 0 Å². The van der Waals surface area contributed by atoms with E-state index in [1.807, 2.05) is 20.8 Å². The monoisotopic (exact) mass is 281 g/mol. The number of carboxylic acids is 1. The second kappa shape index (κ2) is 7.67. The Morgan fingerprint density at radius 3 is 2.65 bits per heavy atom. The molecule has 1 heterocycles. The number of ether oxygens (including phenoxy) is 1. The minimum Gasteiger partial charge on any atom is -0.481 e. The molecule has 0 saturated heterocycles. The second-order valence-corrected chi connectivity index (χ2v) is 4.71. The summed E-state index contributed by atoms with van der Waals surface area (Å²) in [5, 5.41) is 12.4. The van der Waals surface area contributed by atoms with Crippen LogP contribution in [0.5, 0.6) is 5.88 Å². The Bertz CT molecular complexity index is 433. The fraction of sp³-hybridized carbons (Fsp3) is 0.643. The van der Waals surface area contributed by atoms with E-state index in [1.54, 1.807) is 12.3 Å². The molecule has 0 saturated carbocycles. The van der Waals surface area contributed by atoms with E-state index in [0.29, 0.717) is 37.8 Å². The van der Waals surface area contributed by atoms with E-state index >= 15 is 0 Å². The minimum absolute atomic E-state index is 0.298. The topological polar surface area (TPSA) is 84.3 Å². The Hall–Kier alpha value is -1.85. The van der Waals surface area contributed by atoms with Crippen molar-refractivity contribution in [2.45, 2.75) is 40.0 Å². The molecule has 0 amide bonds. The SMILES string of the molecule is CCCOc1ccnc(NCC(CC)(CC)C(=O)O)n1. The number of rotatable bonds is 9. The number of nitrogens with one attached hydrogen (secondary N) is 1. The number of aliphatic carboxylic acids is 1. The standard InChI is InChI=1S/C14H23N3O3/c1-4-9-20-11-7-8-15-13(17-11)16-10-14(5-2,6-3)12(18)19/h7-8H,4-6,9-10H2,1-3H3,(H,18,19)(H,15,16,17). The van der Waals surface area contributed by atoms with Crippen LogP contribution >= 0.6 is 0 Å². The van der Waals surface area contributed by atoms with E-state index in [1.165, 1.54) is 0 Å². The average molecular weight is 281 g/mol. The number of hydrogen-bond acceptors (Lipinski definition) is 5. The molecule has 112 valence electrons. The number of nitrogens with zero attached hydrogens (tertiary/aromatic N) is 2. The van der Waals surface area contributed by atoms with E-state index in [4.69, 9.17) is 4.74 Å². The smallest absolute Gasteiger partial charge is 0.311 e. The van der Waals surface area contributed by atoms with Gasteiger partial charge in [0.1, 0.15) is 0 Å². The van der Waals surface area contributed by atoms with Crippen molar-refractivity contribution >= 4 is 11.9 Å². The summed E-state index contributed by atoms with van der Waals surface area (Å²) in [5.74, 6) is 0.0952. The zero-order chi connectivity index (χ0) is 15.0. The highest BCUT2D eigenvalue weighted by molar-refractivity contribution is 5.75. The molecule has 0 aromatic carbocycles. The van der Waals surface area contributed by atoms with Gasteiger partial charge in [0.05, 0.1) is 12.0 Å². The Labute approximate surface area is 119 Å². The highest BCUT2D eigenvalue weighted by Crippen LogP contribution is 2.26. The lowest BCUT2D eigenvalue weighted by atomic mass is 9.82. The van der Waals surface area contributed by atoms with Crippen molar-refractivity contribution in [3.05, 3.63) is 12.3 Å². The van der Waals surface area contributed by atoms with E-state index in [2.05, 4.69) is 15.3 Å². The van der Waals surface area contributed by atoms with Crippen LogP contribution in [-0.4, -0.2) is 34.2 Å². The second-order valence-electron chi connectivity index (χ2n) is 4.71. The van der Waals surface area contributed by atoms with Crippen molar-refractivity contribution in [2.75, 3.05) is 18.5 Å². The largest absolute Gasteiger partial charge is 0.481 e. The zero-order valence-electron chi connectivity index (χ0n) is 12.3. The van der Waals surface area contributed by atoms with Gasteiger partial charge in [-0.25, -0.2) is 4.98 Å². The Morgan fingerprint density at radius 2 is 2.10 bits per heavy atom. The molecule has 0 unspecified atom stereocenters. The molecule has 1 aromatic rings. The average Bonchev–Trinajstić information content (AvgIpc) is 2.47. The molecule has 0 fully saturated rings. The number of aromatic nitrogens is 2. The van der Waals surface area contributed by atoms with Crippen LogP contribution in [0, 0.1) is 5.41 Å². The molecule has 6 nitrogen and oxygen atoms in total. The number of carboxylic acid groups (broad SMARTS) is 1. The van der Waals surface area contributed by atoms with Crippen LogP contribution in [0.3, 0.4) is 0 Å². The van der Waals surface area contributed by atoms with Gasteiger partial charge in [-0.1, -0.05) is 20.8 Å². The fourth-order valence-electron chi connectivity index (χ4n) is 1.84. The van der Waals surface area contributed by atoms with E-state index in [0.717, 1.165) is 6.42 Å². The molecule has 1 aromatic heterocycles. The summed E-state index contributed by atoms with van der Waals surface area (Å²) < 4.78 is 5.42. The molecule has 0 spiro atoms. The molecule has 0 atom stereocenters. The molecule has 0 aliphatic rings. The molecular formula is C14H23N3O3. The summed E-state index contributed by atoms with van der Waals surface area (Å²) in [6.45, 7) is 6.66. The highest BCUT2D eigenvalue weighted by atomic mass is 16.5. The molecule has 20 heavy (non-hydrogen) atoms. The van der Waals surface area contributed by atoms with Crippen LogP contribution in [0.25, 0.3) is 0 Å². The van der Waals surface area contributed by atoms with E-state index < -0.39 is 11.4 Å². The van der Waals surface area contributed by atoms with Gasteiger partial charge in [-0.2, -0.15) is 4.98 Å². The van der Waals surface area contributed by atoms with Crippen LogP contribution in [-0.2, 0) is 4.79 Å². The normalized spacial score (nSPS) is 11.2. The summed E-state index contributed by atoms with van der Waals surface area (Å²) in [6, 6.07) is 1.69. The maximum Gasteiger partial charge on any atom is 0.311 e. The minimum atomic E-state index is -0.798. The summed E-state index contributed by atoms with van der Waals surface area (Å²) in [4.78, 5) is 19.7. The van der Waals surface area contributed by atoms with Gasteiger partial charge in [-0.3, -0.25) is 4.79 Å². The van der Waals surface area contributed by atoms with Crippen LogP contribution in [0.1, 0.15) is 40.0 Å². The van der Waals surface area contributed by atoms with Crippen molar-refractivity contribution in [1.82, 2.24) is 9.97 Å². The highest BCUT2D eigenvalue weighted by Gasteiger charge is 2.34. The first-order chi connectivity index (χ1) is 9.57. The number of anilines is 1. The van der Waals surface area contributed by atoms with Crippen molar-refractivity contribution in [1.29, 1.82) is 0 Å². The molecule has 0 radical (unpaired) electrons. The third-order valence-corrected chi connectivity index (χ3v) is 3.48. The predicted octanol–water partition coefficient (Wildman–Crippen LogP) is 2.57. The molecular weight excluding hydrogens is 258 g/mol.